The zero-order valence-corrected chi connectivity index (χ0v) is 32.7. The first-order valence-electron chi connectivity index (χ1n) is 20.1. The van der Waals surface area contributed by atoms with Crippen LogP contribution in [-0.4, -0.2) is 15.8 Å². The van der Waals surface area contributed by atoms with Crippen molar-refractivity contribution >= 4 is 88.3 Å². The molecule has 0 aliphatic heterocycles. The van der Waals surface area contributed by atoms with Crippen LogP contribution in [0.5, 0.6) is 0 Å². The van der Waals surface area contributed by atoms with Gasteiger partial charge in [-0.1, -0.05) is 167 Å². The van der Waals surface area contributed by atoms with E-state index in [-0.39, 0.29) is 6.71 Å². The quantitative estimate of drug-likeness (QED) is 0.156. The van der Waals surface area contributed by atoms with Crippen molar-refractivity contribution in [3.63, 3.8) is 0 Å². The largest absolute Gasteiger partial charge is 0.307 e. The van der Waals surface area contributed by atoms with Gasteiger partial charge in [0.25, 0.3) is 0 Å². The van der Waals surface area contributed by atoms with Gasteiger partial charge in [0.05, 0.1) is 22.1 Å². The first-order valence-corrected chi connectivity index (χ1v) is 20.1. The van der Waals surface area contributed by atoms with E-state index in [1.807, 2.05) is 0 Å². The summed E-state index contributed by atoms with van der Waals surface area (Å²) >= 11 is 0. The molecule has 2 aromatic heterocycles. The summed E-state index contributed by atoms with van der Waals surface area (Å²) in [5, 5.41) is 10.2. The Kier molecular flexibility index (Phi) is 7.56. The molecule has 0 aliphatic rings. The Morgan fingerprint density at radius 1 is 0.351 bits per heavy atom. The Bertz CT molecular complexity index is 3300. The molecule has 0 atom stereocenters. The third-order valence-corrected chi connectivity index (χ3v) is 12.7. The number of aryl methyl sites for hydroxylation is 4. The van der Waals surface area contributed by atoms with Gasteiger partial charge in [0.2, 0.25) is 6.71 Å². The first-order chi connectivity index (χ1) is 28.0. The highest BCUT2D eigenvalue weighted by Gasteiger charge is 2.31. The summed E-state index contributed by atoms with van der Waals surface area (Å²) in [6.07, 6.45) is 0. The summed E-state index contributed by atoms with van der Waals surface area (Å²) in [5.41, 5.74) is 16.6. The normalized spacial score (nSPS) is 11.9. The number of hydrogen-bond acceptors (Lipinski definition) is 0. The average molecular weight is 729 g/mol. The van der Waals surface area contributed by atoms with Crippen molar-refractivity contribution in [2.45, 2.75) is 27.7 Å². The lowest BCUT2D eigenvalue weighted by molar-refractivity contribution is 1.15. The minimum atomic E-state index is 0.0261. The van der Waals surface area contributed by atoms with Crippen LogP contribution in [0.1, 0.15) is 22.3 Å². The van der Waals surface area contributed by atoms with Gasteiger partial charge >= 0.3 is 0 Å². The van der Waals surface area contributed by atoms with Crippen LogP contribution in [0, 0.1) is 27.7 Å². The molecular formula is C54H41BN2. The highest BCUT2D eigenvalue weighted by molar-refractivity contribution is 6.97. The van der Waals surface area contributed by atoms with E-state index in [0.29, 0.717) is 0 Å². The topological polar surface area (TPSA) is 9.86 Å². The molecule has 57 heavy (non-hydrogen) atoms. The van der Waals surface area contributed by atoms with E-state index < -0.39 is 0 Å². The van der Waals surface area contributed by atoms with Crippen LogP contribution in [0.3, 0.4) is 0 Å². The molecule has 0 spiro atoms. The molecule has 0 radical (unpaired) electrons. The molecule has 11 aromatic rings. The van der Waals surface area contributed by atoms with E-state index >= 15 is 0 Å². The molecule has 11 rings (SSSR count). The van der Waals surface area contributed by atoms with Crippen molar-refractivity contribution in [3.05, 3.63) is 198 Å². The number of fused-ring (bicyclic) bond motifs is 9. The van der Waals surface area contributed by atoms with Crippen molar-refractivity contribution in [2.75, 3.05) is 0 Å². The fourth-order valence-electron chi connectivity index (χ4n) is 10.2. The molecule has 9 aromatic carbocycles. The van der Waals surface area contributed by atoms with Gasteiger partial charge in [0, 0.05) is 32.9 Å². The SMILES string of the molecule is Cc1cc2ccccc2c(C)c1B(c1ccc2c(c1)c1ccc3c4ccccc4n(-c4ccccc4)c3c1n2-c1ccccc1)c1c(C)cc2ccccc2c1C. The summed E-state index contributed by atoms with van der Waals surface area (Å²) in [7, 11) is 0. The fraction of sp³-hybridized carbons (Fsp3) is 0.0741. The van der Waals surface area contributed by atoms with Gasteiger partial charge in [-0.25, -0.2) is 0 Å². The predicted molar refractivity (Wildman–Crippen MR) is 247 cm³/mol. The van der Waals surface area contributed by atoms with Crippen LogP contribution in [-0.2, 0) is 0 Å². The minimum absolute atomic E-state index is 0.0261. The summed E-state index contributed by atoms with van der Waals surface area (Å²) in [5.74, 6) is 0. The van der Waals surface area contributed by atoms with E-state index in [2.05, 4.69) is 213 Å². The lowest BCUT2D eigenvalue weighted by Gasteiger charge is -2.26. The number of rotatable bonds is 5. The van der Waals surface area contributed by atoms with Crippen LogP contribution < -0.4 is 16.4 Å². The van der Waals surface area contributed by atoms with E-state index in [9.17, 15) is 0 Å². The molecule has 270 valence electrons. The Balaban J connectivity index is 1.28. The minimum Gasteiger partial charge on any atom is -0.307 e. The molecule has 2 nitrogen and oxygen atoms in total. The van der Waals surface area contributed by atoms with E-state index in [1.165, 1.54) is 104 Å². The second-order valence-electron chi connectivity index (χ2n) is 15.8. The number of benzene rings is 9. The van der Waals surface area contributed by atoms with Gasteiger partial charge in [-0.05, 0) is 96.8 Å². The van der Waals surface area contributed by atoms with Gasteiger partial charge < -0.3 is 9.13 Å². The van der Waals surface area contributed by atoms with Crippen LogP contribution in [0.2, 0.25) is 0 Å². The lowest BCUT2D eigenvalue weighted by Crippen LogP contribution is -2.55. The highest BCUT2D eigenvalue weighted by atomic mass is 15.0. The predicted octanol–water partition coefficient (Wildman–Crippen LogP) is 11.9. The van der Waals surface area contributed by atoms with E-state index in [1.54, 1.807) is 0 Å². The molecular weight excluding hydrogens is 687 g/mol. The molecule has 0 saturated carbocycles. The molecule has 0 aliphatic carbocycles. The molecule has 0 N–H and O–H groups in total. The first kappa shape index (κ1) is 33.5. The number of para-hydroxylation sites is 3. The van der Waals surface area contributed by atoms with Gasteiger partial charge in [-0.15, -0.1) is 0 Å². The molecule has 0 amide bonds. The second-order valence-corrected chi connectivity index (χ2v) is 15.8. The van der Waals surface area contributed by atoms with Crippen LogP contribution in [0.25, 0.3) is 76.5 Å². The van der Waals surface area contributed by atoms with Crippen LogP contribution >= 0.6 is 0 Å². The number of aromatic nitrogens is 2. The Morgan fingerprint density at radius 3 is 1.33 bits per heavy atom. The molecule has 0 saturated heterocycles. The maximum Gasteiger partial charge on any atom is 0.242 e. The molecule has 0 fully saturated rings. The Labute approximate surface area is 333 Å². The average Bonchev–Trinajstić information content (AvgIpc) is 3.76. The van der Waals surface area contributed by atoms with Crippen LogP contribution in [0.15, 0.2) is 176 Å². The lowest BCUT2D eigenvalue weighted by atomic mass is 9.34. The Morgan fingerprint density at radius 2 is 0.789 bits per heavy atom. The fourth-order valence-corrected chi connectivity index (χ4v) is 10.2. The maximum atomic E-state index is 2.52. The molecule has 0 unspecified atom stereocenters. The van der Waals surface area contributed by atoms with Crippen molar-refractivity contribution in [1.82, 2.24) is 9.13 Å². The molecule has 2 heterocycles. The van der Waals surface area contributed by atoms with Gasteiger partial charge in [0.1, 0.15) is 0 Å². The van der Waals surface area contributed by atoms with Crippen molar-refractivity contribution in [2.24, 2.45) is 0 Å². The zero-order chi connectivity index (χ0) is 38.4. The smallest absolute Gasteiger partial charge is 0.242 e. The van der Waals surface area contributed by atoms with Gasteiger partial charge in [-0.2, -0.15) is 0 Å². The van der Waals surface area contributed by atoms with Crippen molar-refractivity contribution < 1.29 is 0 Å². The number of hydrogen-bond donors (Lipinski definition) is 0. The summed E-state index contributed by atoms with van der Waals surface area (Å²) < 4.78 is 4.97. The monoisotopic (exact) mass is 728 g/mol. The number of nitrogens with zero attached hydrogens (tertiary/aromatic N) is 2. The second kappa shape index (κ2) is 12.9. The Hall–Kier alpha value is -6.84. The van der Waals surface area contributed by atoms with E-state index in [4.69, 9.17) is 0 Å². The van der Waals surface area contributed by atoms with Crippen molar-refractivity contribution in [1.29, 1.82) is 0 Å². The summed E-state index contributed by atoms with van der Waals surface area (Å²) in [6.45, 7) is 9.32. The standard InChI is InChI=1S/C54H41BN2/c1-34-31-38-17-11-13-23-43(38)36(3)51(34)55(52-35(2)32-39-18-12-14-24-44(39)37(52)4)40-27-30-50-48(33-40)47-29-28-46-45-25-15-16-26-49(45)56(41-19-7-5-8-20-41)53(46)54(47)57(50)42-21-9-6-10-22-42/h5-33H,1-4H3. The van der Waals surface area contributed by atoms with E-state index in [0.717, 1.165) is 11.4 Å². The van der Waals surface area contributed by atoms with Crippen molar-refractivity contribution in [3.8, 4) is 11.4 Å². The third-order valence-electron chi connectivity index (χ3n) is 12.7. The van der Waals surface area contributed by atoms with Crippen LogP contribution in [0.4, 0.5) is 0 Å². The van der Waals surface area contributed by atoms with Gasteiger partial charge in [0.15, 0.2) is 0 Å². The zero-order valence-electron chi connectivity index (χ0n) is 32.7. The molecule has 0 bridgehead atoms. The third kappa shape index (κ3) is 4.98. The van der Waals surface area contributed by atoms with Gasteiger partial charge in [-0.3, -0.25) is 0 Å². The maximum absolute atomic E-state index is 2.52. The summed E-state index contributed by atoms with van der Waals surface area (Å²) in [6, 6.07) is 65.2. The highest BCUT2D eigenvalue weighted by Crippen LogP contribution is 2.41. The summed E-state index contributed by atoms with van der Waals surface area (Å²) in [4.78, 5) is 0. The molecule has 3 heteroatoms.